The van der Waals surface area contributed by atoms with E-state index in [1.54, 1.807) is 0 Å². The van der Waals surface area contributed by atoms with Crippen molar-refractivity contribution in [3.05, 3.63) is 11.1 Å². The van der Waals surface area contributed by atoms with Crippen LogP contribution < -0.4 is 5.32 Å². The number of likely N-dealkylation sites (tertiary alicyclic amines) is 1. The van der Waals surface area contributed by atoms with Crippen LogP contribution in [0.2, 0.25) is 0 Å². The average Bonchev–Trinajstić information content (AvgIpc) is 2.87. The summed E-state index contributed by atoms with van der Waals surface area (Å²) in [5.74, 6) is 0.300. The summed E-state index contributed by atoms with van der Waals surface area (Å²) in [5, 5.41) is 5.33. The van der Waals surface area contributed by atoms with E-state index in [-0.39, 0.29) is 18.4 Å². The fraction of sp³-hybridized carbons (Fsp3) is 0.615. The topological polar surface area (TPSA) is 71.5 Å². The second kappa shape index (κ2) is 6.81. The molecular weight excluding hydrogens is 278 g/mol. The highest BCUT2D eigenvalue weighted by Gasteiger charge is 2.25. The molecule has 6 nitrogen and oxygen atoms in total. The average molecular weight is 297 g/mol. The summed E-state index contributed by atoms with van der Waals surface area (Å²) >= 11 is 1.44. The third kappa shape index (κ3) is 3.77. The van der Waals surface area contributed by atoms with Gasteiger partial charge < -0.3 is 15.0 Å². The predicted octanol–water partition coefficient (Wildman–Crippen LogP) is 1.45. The van der Waals surface area contributed by atoms with E-state index in [9.17, 15) is 9.59 Å². The van der Waals surface area contributed by atoms with Crippen LogP contribution in [0, 0.1) is 0 Å². The second-order valence-electron chi connectivity index (χ2n) is 4.85. The Labute approximate surface area is 122 Å². The van der Waals surface area contributed by atoms with Gasteiger partial charge in [0.2, 0.25) is 11.8 Å². The molecular formula is C13H19N3O3S. The summed E-state index contributed by atoms with van der Waals surface area (Å²) in [7, 11) is 1.53. The largest absolute Gasteiger partial charge is 0.375 e. The fourth-order valence-corrected chi connectivity index (χ4v) is 3.16. The Balaban J connectivity index is 1.88. The number of thiazole rings is 1. The van der Waals surface area contributed by atoms with Crippen molar-refractivity contribution in [1.82, 2.24) is 9.88 Å². The number of nitrogens with zero attached hydrogens (tertiary/aromatic N) is 2. The van der Waals surface area contributed by atoms with E-state index in [1.807, 2.05) is 10.3 Å². The molecule has 1 aliphatic heterocycles. The minimum atomic E-state index is -0.106. The number of ether oxygens (including phenoxy) is 1. The predicted molar refractivity (Wildman–Crippen MR) is 76.8 cm³/mol. The minimum absolute atomic E-state index is 0.0446. The zero-order chi connectivity index (χ0) is 14.5. The Hall–Kier alpha value is -1.47. The van der Waals surface area contributed by atoms with Crippen LogP contribution in [-0.2, 0) is 14.3 Å². The third-order valence-corrected chi connectivity index (χ3v) is 4.11. The number of aromatic nitrogens is 1. The molecule has 0 spiro atoms. The molecule has 110 valence electrons. The highest BCUT2D eigenvalue weighted by Crippen LogP contribution is 2.30. The smallest absolute Gasteiger partial charge is 0.248 e. The maximum Gasteiger partial charge on any atom is 0.248 e. The Bertz CT molecular complexity index is 481. The number of carbonyl (C=O) groups is 2. The first-order valence-electron chi connectivity index (χ1n) is 6.60. The maximum absolute atomic E-state index is 11.7. The van der Waals surface area contributed by atoms with Crippen molar-refractivity contribution in [3.63, 3.8) is 0 Å². The number of rotatable bonds is 4. The quantitative estimate of drug-likeness (QED) is 0.913. The highest BCUT2D eigenvalue weighted by atomic mass is 32.1. The number of carbonyl (C=O) groups excluding carboxylic acids is 2. The first kappa shape index (κ1) is 14.9. The standard InChI is InChI=1S/C13H19N3O3S/c1-9(17)14-13-15-11(8-20-13)10-3-5-16(6-4-10)12(18)7-19-2/h8,10H,3-7H2,1-2H3,(H,14,15,17). The van der Waals surface area contributed by atoms with Gasteiger partial charge in [-0.2, -0.15) is 0 Å². The molecule has 0 bridgehead atoms. The second-order valence-corrected chi connectivity index (χ2v) is 5.70. The normalized spacial score (nSPS) is 16.2. The number of anilines is 1. The molecule has 20 heavy (non-hydrogen) atoms. The van der Waals surface area contributed by atoms with Gasteiger partial charge in [-0.3, -0.25) is 9.59 Å². The lowest BCUT2D eigenvalue weighted by Gasteiger charge is -2.31. The molecule has 0 aromatic carbocycles. The van der Waals surface area contributed by atoms with E-state index in [4.69, 9.17) is 4.74 Å². The molecule has 2 amide bonds. The van der Waals surface area contributed by atoms with Gasteiger partial charge in [-0.05, 0) is 12.8 Å². The molecule has 1 aromatic heterocycles. The van der Waals surface area contributed by atoms with Gasteiger partial charge in [-0.15, -0.1) is 11.3 Å². The summed E-state index contributed by atoms with van der Waals surface area (Å²) in [5.41, 5.74) is 1.01. The van der Waals surface area contributed by atoms with Crippen molar-refractivity contribution >= 4 is 28.3 Å². The number of amides is 2. The van der Waals surface area contributed by atoms with Crippen molar-refractivity contribution in [2.75, 3.05) is 32.1 Å². The van der Waals surface area contributed by atoms with E-state index in [0.717, 1.165) is 31.6 Å². The minimum Gasteiger partial charge on any atom is -0.375 e. The molecule has 0 atom stereocenters. The third-order valence-electron chi connectivity index (χ3n) is 3.34. The van der Waals surface area contributed by atoms with E-state index < -0.39 is 0 Å². The molecule has 1 fully saturated rings. The van der Waals surface area contributed by atoms with Gasteiger partial charge in [0.15, 0.2) is 5.13 Å². The SMILES string of the molecule is COCC(=O)N1CCC(c2csc(NC(C)=O)n2)CC1. The Morgan fingerprint density at radius 2 is 2.20 bits per heavy atom. The number of hydrogen-bond acceptors (Lipinski definition) is 5. The molecule has 2 rings (SSSR count). The van der Waals surface area contributed by atoms with Crippen LogP contribution in [0.25, 0.3) is 0 Å². The lowest BCUT2D eigenvalue weighted by Crippen LogP contribution is -2.39. The monoisotopic (exact) mass is 297 g/mol. The van der Waals surface area contributed by atoms with E-state index in [1.165, 1.54) is 25.4 Å². The maximum atomic E-state index is 11.7. The van der Waals surface area contributed by atoms with Crippen molar-refractivity contribution in [3.8, 4) is 0 Å². The van der Waals surface area contributed by atoms with Gasteiger partial charge in [0.1, 0.15) is 6.61 Å². The van der Waals surface area contributed by atoms with Crippen LogP contribution in [0.4, 0.5) is 5.13 Å². The molecule has 1 saturated heterocycles. The van der Waals surface area contributed by atoms with Gasteiger partial charge in [0.05, 0.1) is 5.69 Å². The van der Waals surface area contributed by atoms with Crippen LogP contribution in [0.5, 0.6) is 0 Å². The van der Waals surface area contributed by atoms with Crippen molar-refractivity contribution in [2.45, 2.75) is 25.7 Å². The molecule has 0 radical (unpaired) electrons. The van der Waals surface area contributed by atoms with Gasteiger partial charge >= 0.3 is 0 Å². The number of methoxy groups -OCH3 is 1. The van der Waals surface area contributed by atoms with Crippen molar-refractivity contribution in [1.29, 1.82) is 0 Å². The van der Waals surface area contributed by atoms with Gasteiger partial charge in [-0.1, -0.05) is 0 Å². The van der Waals surface area contributed by atoms with Gasteiger partial charge in [0, 0.05) is 38.4 Å². The molecule has 2 heterocycles. The van der Waals surface area contributed by atoms with Crippen molar-refractivity contribution in [2.24, 2.45) is 0 Å². The lowest BCUT2D eigenvalue weighted by molar-refractivity contribution is -0.136. The molecule has 1 aromatic rings. The Morgan fingerprint density at radius 1 is 1.50 bits per heavy atom. The first-order valence-corrected chi connectivity index (χ1v) is 7.48. The summed E-state index contributed by atoms with van der Waals surface area (Å²) in [6.07, 6.45) is 1.80. The van der Waals surface area contributed by atoms with E-state index in [2.05, 4.69) is 10.3 Å². The molecule has 0 aliphatic carbocycles. The molecule has 7 heteroatoms. The summed E-state index contributed by atoms with van der Waals surface area (Å²) in [4.78, 5) is 29.0. The number of nitrogens with one attached hydrogen (secondary N) is 1. The number of hydrogen-bond donors (Lipinski definition) is 1. The molecule has 1 aliphatic rings. The van der Waals surface area contributed by atoms with Gasteiger partial charge in [-0.25, -0.2) is 4.98 Å². The summed E-state index contributed by atoms with van der Waals surface area (Å²) in [6, 6.07) is 0. The first-order chi connectivity index (χ1) is 9.60. The van der Waals surface area contributed by atoms with E-state index in [0.29, 0.717) is 11.0 Å². The van der Waals surface area contributed by atoms with Crippen LogP contribution in [0.15, 0.2) is 5.38 Å². The molecule has 1 N–H and O–H groups in total. The van der Waals surface area contributed by atoms with E-state index >= 15 is 0 Å². The fourth-order valence-electron chi connectivity index (χ4n) is 2.32. The van der Waals surface area contributed by atoms with Crippen LogP contribution >= 0.6 is 11.3 Å². The van der Waals surface area contributed by atoms with Crippen LogP contribution in [0.3, 0.4) is 0 Å². The lowest BCUT2D eigenvalue weighted by atomic mass is 9.94. The molecule has 0 unspecified atom stereocenters. The highest BCUT2D eigenvalue weighted by molar-refractivity contribution is 7.13. The van der Waals surface area contributed by atoms with Crippen LogP contribution in [-0.4, -0.2) is 48.5 Å². The molecule has 0 saturated carbocycles. The van der Waals surface area contributed by atoms with Crippen molar-refractivity contribution < 1.29 is 14.3 Å². The van der Waals surface area contributed by atoms with Gasteiger partial charge in [0.25, 0.3) is 0 Å². The Morgan fingerprint density at radius 3 is 2.80 bits per heavy atom. The zero-order valence-corrected chi connectivity index (χ0v) is 12.5. The Kier molecular flexibility index (Phi) is 5.08. The summed E-state index contributed by atoms with van der Waals surface area (Å²) < 4.78 is 4.87. The van der Waals surface area contributed by atoms with Crippen LogP contribution in [0.1, 0.15) is 31.4 Å². The zero-order valence-electron chi connectivity index (χ0n) is 11.7. The summed E-state index contributed by atoms with van der Waals surface area (Å²) in [6.45, 7) is 3.09. The number of piperidine rings is 1.